The summed E-state index contributed by atoms with van der Waals surface area (Å²) in [5.74, 6) is -2.11. The topological polar surface area (TPSA) is 46.6 Å². The molecule has 1 saturated heterocycles. The summed E-state index contributed by atoms with van der Waals surface area (Å²) in [7, 11) is 0. The SMILES string of the molecule is [2H]C([2H])([2H])[C@@H](/C=C(\C)CCl)C(=O)N1C(=O)OC[C@H]1Cc1ccccc1. The largest absolute Gasteiger partial charge is 0.447 e. The Morgan fingerprint density at radius 1 is 1.55 bits per heavy atom. The first-order valence-electron chi connectivity index (χ1n) is 8.51. The summed E-state index contributed by atoms with van der Waals surface area (Å²) >= 11 is 5.71. The number of benzene rings is 1. The van der Waals surface area contributed by atoms with E-state index in [0.717, 1.165) is 10.5 Å². The Morgan fingerprint density at radius 2 is 2.27 bits per heavy atom. The van der Waals surface area contributed by atoms with Gasteiger partial charge >= 0.3 is 6.09 Å². The van der Waals surface area contributed by atoms with E-state index in [9.17, 15) is 9.59 Å². The van der Waals surface area contributed by atoms with Crippen molar-refractivity contribution in [3.8, 4) is 0 Å². The van der Waals surface area contributed by atoms with Gasteiger partial charge < -0.3 is 4.74 Å². The highest BCUT2D eigenvalue weighted by Crippen LogP contribution is 2.21. The van der Waals surface area contributed by atoms with E-state index in [-0.39, 0.29) is 12.5 Å². The number of ether oxygens (including phenoxy) is 1. The van der Waals surface area contributed by atoms with Crippen molar-refractivity contribution in [3.63, 3.8) is 0 Å². The van der Waals surface area contributed by atoms with Gasteiger partial charge in [0, 0.05) is 9.99 Å². The second kappa shape index (κ2) is 7.45. The van der Waals surface area contributed by atoms with E-state index in [1.807, 2.05) is 30.3 Å². The van der Waals surface area contributed by atoms with Gasteiger partial charge in [-0.1, -0.05) is 48.8 Å². The lowest BCUT2D eigenvalue weighted by Crippen LogP contribution is -2.42. The molecule has 0 N–H and O–H groups in total. The number of nitrogens with zero attached hydrogens (tertiary/aromatic N) is 1. The average Bonchev–Trinajstić information content (AvgIpc) is 2.92. The molecule has 2 rings (SSSR count). The Balaban J connectivity index is 2.27. The summed E-state index contributed by atoms with van der Waals surface area (Å²) in [6, 6.07) is 8.81. The van der Waals surface area contributed by atoms with Gasteiger partial charge in [0.1, 0.15) is 6.61 Å². The number of hydrogen-bond acceptors (Lipinski definition) is 3. The standard InChI is InChI=1S/C17H20ClNO3/c1-12(10-18)8-13(2)16(20)19-15(11-22-17(19)21)9-14-6-4-3-5-7-14/h3-8,13,15H,9-11H2,1-2H3/b12-8+/t13-,15+/m0/s1/i2D3. The van der Waals surface area contributed by atoms with Crippen molar-refractivity contribution in [1.82, 2.24) is 4.90 Å². The van der Waals surface area contributed by atoms with Gasteiger partial charge in [-0.05, 0) is 18.9 Å². The Kier molecular flexibility index (Phi) is 4.30. The fourth-order valence-electron chi connectivity index (χ4n) is 2.32. The molecule has 1 aromatic carbocycles. The van der Waals surface area contributed by atoms with Gasteiger partial charge in [0.2, 0.25) is 5.91 Å². The fraction of sp³-hybridized carbons (Fsp3) is 0.412. The van der Waals surface area contributed by atoms with Crippen LogP contribution >= 0.6 is 11.6 Å². The molecule has 1 fully saturated rings. The monoisotopic (exact) mass is 324 g/mol. The van der Waals surface area contributed by atoms with Crippen LogP contribution in [0.3, 0.4) is 0 Å². The number of allylic oxidation sites excluding steroid dienone is 1. The quantitative estimate of drug-likeness (QED) is 0.616. The molecule has 0 unspecified atom stereocenters. The van der Waals surface area contributed by atoms with E-state index in [1.54, 1.807) is 6.92 Å². The Hall–Kier alpha value is -1.81. The van der Waals surface area contributed by atoms with Gasteiger partial charge in [-0.3, -0.25) is 4.79 Å². The van der Waals surface area contributed by atoms with E-state index < -0.39 is 30.8 Å². The summed E-state index contributed by atoms with van der Waals surface area (Å²) in [5.41, 5.74) is 1.49. The van der Waals surface area contributed by atoms with E-state index in [1.165, 1.54) is 6.08 Å². The third kappa shape index (κ3) is 3.89. The van der Waals surface area contributed by atoms with Crippen molar-refractivity contribution < 1.29 is 18.4 Å². The van der Waals surface area contributed by atoms with Gasteiger partial charge in [-0.15, -0.1) is 11.6 Å². The van der Waals surface area contributed by atoms with Gasteiger partial charge in [0.25, 0.3) is 0 Å². The maximum atomic E-state index is 12.8. The van der Waals surface area contributed by atoms with Crippen molar-refractivity contribution >= 4 is 23.6 Å². The molecule has 2 amide bonds. The number of imide groups is 1. The first-order chi connectivity index (χ1) is 11.7. The number of carbonyl (C=O) groups excluding carboxylic acids is 2. The number of halogens is 1. The molecule has 0 aliphatic carbocycles. The van der Waals surface area contributed by atoms with E-state index >= 15 is 0 Å². The number of hydrogen-bond donors (Lipinski definition) is 0. The molecule has 2 atom stereocenters. The molecule has 1 aromatic rings. The minimum absolute atomic E-state index is 0.0470. The van der Waals surface area contributed by atoms with Crippen LogP contribution < -0.4 is 0 Å². The molecule has 22 heavy (non-hydrogen) atoms. The molecule has 118 valence electrons. The van der Waals surface area contributed by atoms with Crippen LogP contribution in [-0.2, 0) is 16.0 Å². The van der Waals surface area contributed by atoms with Crippen LogP contribution in [0.4, 0.5) is 4.79 Å². The van der Waals surface area contributed by atoms with Crippen molar-refractivity contribution in [2.45, 2.75) is 26.2 Å². The van der Waals surface area contributed by atoms with Crippen molar-refractivity contribution in [1.29, 1.82) is 0 Å². The number of amides is 2. The van der Waals surface area contributed by atoms with Crippen LogP contribution in [0.2, 0.25) is 0 Å². The second-order valence-corrected chi connectivity index (χ2v) is 5.52. The number of alkyl halides is 1. The zero-order valence-electron chi connectivity index (χ0n) is 15.3. The number of cyclic esters (lactones) is 1. The normalized spacial score (nSPS) is 22.5. The lowest BCUT2D eigenvalue weighted by atomic mass is 10.0. The van der Waals surface area contributed by atoms with Crippen LogP contribution in [0.15, 0.2) is 42.0 Å². The molecule has 4 nitrogen and oxygen atoms in total. The smallest absolute Gasteiger partial charge is 0.417 e. The predicted molar refractivity (Wildman–Crippen MR) is 85.8 cm³/mol. The summed E-state index contributed by atoms with van der Waals surface area (Å²) in [6.45, 7) is -0.890. The molecule has 0 aromatic heterocycles. The molecule has 5 heteroatoms. The maximum Gasteiger partial charge on any atom is 0.417 e. The third-order valence-corrected chi connectivity index (χ3v) is 3.86. The van der Waals surface area contributed by atoms with Gasteiger partial charge in [0.05, 0.1) is 12.0 Å². The molecule has 0 saturated carbocycles. The average molecular weight is 325 g/mol. The highest BCUT2D eigenvalue weighted by atomic mass is 35.5. The zero-order valence-corrected chi connectivity index (χ0v) is 13.0. The van der Waals surface area contributed by atoms with E-state index in [0.29, 0.717) is 12.0 Å². The third-order valence-electron chi connectivity index (χ3n) is 3.44. The molecule has 0 spiro atoms. The van der Waals surface area contributed by atoms with Crippen molar-refractivity contribution in [2.75, 3.05) is 12.5 Å². The lowest BCUT2D eigenvalue weighted by Gasteiger charge is -2.22. The summed E-state index contributed by atoms with van der Waals surface area (Å²) in [6.07, 6.45) is 0.912. The van der Waals surface area contributed by atoms with E-state index in [4.69, 9.17) is 20.5 Å². The molecule has 0 bridgehead atoms. The Bertz CT molecular complexity index is 661. The maximum absolute atomic E-state index is 12.8. The fourth-order valence-corrected chi connectivity index (χ4v) is 2.41. The summed E-state index contributed by atoms with van der Waals surface area (Å²) in [4.78, 5) is 25.8. The Labute approximate surface area is 139 Å². The van der Waals surface area contributed by atoms with E-state index in [2.05, 4.69) is 0 Å². The van der Waals surface area contributed by atoms with Crippen LogP contribution in [0, 0.1) is 5.92 Å². The molecule has 1 aliphatic rings. The van der Waals surface area contributed by atoms with Gasteiger partial charge in [0.15, 0.2) is 0 Å². The number of rotatable bonds is 5. The van der Waals surface area contributed by atoms with Crippen molar-refractivity contribution in [2.24, 2.45) is 5.92 Å². The van der Waals surface area contributed by atoms with Gasteiger partial charge in [-0.25, -0.2) is 9.69 Å². The van der Waals surface area contributed by atoms with Crippen LogP contribution in [0.1, 0.15) is 23.5 Å². The number of carbonyl (C=O) groups is 2. The molecule has 1 heterocycles. The molecular weight excluding hydrogens is 302 g/mol. The van der Waals surface area contributed by atoms with Gasteiger partial charge in [-0.2, -0.15) is 0 Å². The predicted octanol–water partition coefficient (Wildman–Crippen LogP) is 3.40. The highest BCUT2D eigenvalue weighted by Gasteiger charge is 2.39. The second-order valence-electron chi connectivity index (χ2n) is 5.25. The summed E-state index contributed by atoms with van der Waals surface area (Å²) < 4.78 is 28.0. The first-order valence-corrected chi connectivity index (χ1v) is 7.54. The van der Waals surface area contributed by atoms with Crippen molar-refractivity contribution in [3.05, 3.63) is 47.5 Å². The van der Waals surface area contributed by atoms with Crippen LogP contribution in [-0.4, -0.2) is 35.4 Å². The zero-order chi connectivity index (χ0) is 18.6. The van der Waals surface area contributed by atoms with Crippen LogP contribution in [0.25, 0.3) is 0 Å². The lowest BCUT2D eigenvalue weighted by molar-refractivity contribution is -0.131. The minimum Gasteiger partial charge on any atom is -0.447 e. The molecule has 1 aliphatic heterocycles. The van der Waals surface area contributed by atoms with Crippen LogP contribution in [0.5, 0.6) is 0 Å². The molecule has 0 radical (unpaired) electrons. The highest BCUT2D eigenvalue weighted by molar-refractivity contribution is 6.19. The Morgan fingerprint density at radius 3 is 2.91 bits per heavy atom. The minimum atomic E-state index is -2.58. The first kappa shape index (κ1) is 12.7. The molecular formula is C17H20ClNO3. The summed E-state index contributed by atoms with van der Waals surface area (Å²) in [5, 5.41) is 0.